The van der Waals surface area contributed by atoms with Gasteiger partial charge in [-0.05, 0) is 23.9 Å². The average Bonchev–Trinajstić information content (AvgIpc) is 2.99. The van der Waals surface area contributed by atoms with Crippen LogP contribution in [0.3, 0.4) is 0 Å². The Morgan fingerprint density at radius 3 is 3.00 bits per heavy atom. The summed E-state index contributed by atoms with van der Waals surface area (Å²) in [5, 5.41) is 5.44. The van der Waals surface area contributed by atoms with E-state index in [9.17, 15) is 0 Å². The second-order valence-electron chi connectivity index (χ2n) is 5.08. The summed E-state index contributed by atoms with van der Waals surface area (Å²) in [6, 6.07) is 4.86. The van der Waals surface area contributed by atoms with Crippen LogP contribution >= 0.6 is 11.3 Å². The van der Waals surface area contributed by atoms with Crippen molar-refractivity contribution in [1.82, 2.24) is 10.3 Å². The van der Waals surface area contributed by atoms with Gasteiger partial charge >= 0.3 is 0 Å². The smallest absolute Gasteiger partial charge is 0.297 e. The van der Waals surface area contributed by atoms with Crippen molar-refractivity contribution in [3.8, 4) is 0 Å². The molecule has 2 aromatic heterocycles. The van der Waals surface area contributed by atoms with Crippen molar-refractivity contribution < 1.29 is 4.42 Å². The van der Waals surface area contributed by atoms with E-state index in [1.54, 1.807) is 17.6 Å². The Hall–Kier alpha value is -1.33. The summed E-state index contributed by atoms with van der Waals surface area (Å²) in [6.07, 6.45) is 1.73. The van der Waals surface area contributed by atoms with Gasteiger partial charge in [-0.1, -0.05) is 19.9 Å². The molecule has 0 radical (unpaired) electrons. The first-order chi connectivity index (χ1) is 9.15. The van der Waals surface area contributed by atoms with Gasteiger partial charge in [0.1, 0.15) is 6.26 Å². The molecule has 0 aliphatic rings. The summed E-state index contributed by atoms with van der Waals surface area (Å²) in [4.78, 5) is 7.82. The zero-order valence-electron chi connectivity index (χ0n) is 11.7. The lowest BCUT2D eigenvalue weighted by molar-refractivity contribution is 0.535. The molecule has 104 valence electrons. The van der Waals surface area contributed by atoms with Crippen LogP contribution in [0.1, 0.15) is 24.4 Å². The lowest BCUT2D eigenvalue weighted by Crippen LogP contribution is -2.19. The van der Waals surface area contributed by atoms with E-state index < -0.39 is 0 Å². The van der Waals surface area contributed by atoms with Crippen molar-refractivity contribution in [2.24, 2.45) is 5.92 Å². The van der Waals surface area contributed by atoms with Crippen LogP contribution < -0.4 is 10.2 Å². The molecule has 0 amide bonds. The summed E-state index contributed by atoms with van der Waals surface area (Å²) >= 11 is 1.75. The zero-order chi connectivity index (χ0) is 13.7. The molecule has 0 atom stereocenters. The molecule has 0 aromatic carbocycles. The average molecular weight is 279 g/mol. The highest BCUT2D eigenvalue weighted by Crippen LogP contribution is 2.17. The molecule has 0 unspecified atom stereocenters. The minimum atomic E-state index is 0.646. The number of rotatable bonds is 7. The van der Waals surface area contributed by atoms with Crippen molar-refractivity contribution >= 4 is 17.4 Å². The summed E-state index contributed by atoms with van der Waals surface area (Å²) in [5.41, 5.74) is 0.952. The molecule has 0 fully saturated rings. The van der Waals surface area contributed by atoms with E-state index in [4.69, 9.17) is 4.42 Å². The van der Waals surface area contributed by atoms with Gasteiger partial charge in [-0.15, -0.1) is 11.3 Å². The number of aromatic nitrogens is 1. The first-order valence-electron chi connectivity index (χ1n) is 6.54. The molecule has 0 saturated carbocycles. The standard InChI is InChI=1S/C14H21N3OS/c1-11(2)7-15-8-12-10-18-14(16-12)17(3)9-13-5-4-6-19-13/h4-6,10-11,15H,7-9H2,1-3H3. The minimum absolute atomic E-state index is 0.646. The van der Waals surface area contributed by atoms with Crippen molar-refractivity contribution in [3.63, 3.8) is 0 Å². The van der Waals surface area contributed by atoms with E-state index in [1.807, 2.05) is 11.9 Å². The molecule has 0 aliphatic heterocycles. The second-order valence-corrected chi connectivity index (χ2v) is 6.11. The fourth-order valence-corrected chi connectivity index (χ4v) is 2.50. The SMILES string of the molecule is CC(C)CNCc1coc(N(C)Cc2cccs2)n1. The Kier molecular flexibility index (Phi) is 4.99. The van der Waals surface area contributed by atoms with Crippen molar-refractivity contribution in [2.45, 2.75) is 26.9 Å². The van der Waals surface area contributed by atoms with Crippen LogP contribution in [0.5, 0.6) is 0 Å². The van der Waals surface area contributed by atoms with E-state index in [1.165, 1.54) is 4.88 Å². The van der Waals surface area contributed by atoms with Gasteiger partial charge in [0.05, 0.1) is 12.2 Å². The number of nitrogens with one attached hydrogen (secondary N) is 1. The van der Waals surface area contributed by atoms with Gasteiger partial charge in [0, 0.05) is 18.5 Å². The van der Waals surface area contributed by atoms with Crippen LogP contribution in [0, 0.1) is 5.92 Å². The molecule has 4 nitrogen and oxygen atoms in total. The molecule has 2 heterocycles. The summed E-state index contributed by atoms with van der Waals surface area (Å²) in [7, 11) is 2.00. The van der Waals surface area contributed by atoms with E-state index in [-0.39, 0.29) is 0 Å². The van der Waals surface area contributed by atoms with Gasteiger partial charge in [-0.25, -0.2) is 0 Å². The Labute approximate surface area is 118 Å². The first kappa shape index (κ1) is 14.1. The monoisotopic (exact) mass is 279 g/mol. The predicted octanol–water partition coefficient (Wildman–Crippen LogP) is 3.12. The molecule has 1 N–H and O–H groups in total. The lowest BCUT2D eigenvalue weighted by atomic mass is 10.2. The second kappa shape index (κ2) is 6.73. The molecule has 5 heteroatoms. The maximum atomic E-state index is 5.51. The van der Waals surface area contributed by atoms with Crippen LogP contribution in [-0.2, 0) is 13.1 Å². The minimum Gasteiger partial charge on any atom is -0.432 e. The molecule has 0 spiro atoms. The lowest BCUT2D eigenvalue weighted by Gasteiger charge is -2.12. The maximum absolute atomic E-state index is 5.51. The number of anilines is 1. The topological polar surface area (TPSA) is 41.3 Å². The molecule has 0 saturated heterocycles. The molecule has 19 heavy (non-hydrogen) atoms. The molecular weight excluding hydrogens is 258 g/mol. The Morgan fingerprint density at radius 1 is 1.47 bits per heavy atom. The van der Waals surface area contributed by atoms with Crippen molar-refractivity contribution in [2.75, 3.05) is 18.5 Å². The van der Waals surface area contributed by atoms with Crippen LogP contribution in [0.2, 0.25) is 0 Å². The Balaban J connectivity index is 1.85. The van der Waals surface area contributed by atoms with Gasteiger partial charge < -0.3 is 14.6 Å². The summed E-state index contributed by atoms with van der Waals surface area (Å²) in [5.74, 6) is 0.646. The zero-order valence-corrected chi connectivity index (χ0v) is 12.5. The van der Waals surface area contributed by atoms with Gasteiger partial charge in [0.15, 0.2) is 0 Å². The number of thiophene rings is 1. The van der Waals surface area contributed by atoms with E-state index in [2.05, 4.69) is 41.7 Å². The fraction of sp³-hybridized carbons (Fsp3) is 0.500. The van der Waals surface area contributed by atoms with Crippen molar-refractivity contribution in [3.05, 3.63) is 34.3 Å². The quantitative estimate of drug-likeness (QED) is 0.845. The fourth-order valence-electron chi connectivity index (χ4n) is 1.75. The highest BCUT2D eigenvalue weighted by Gasteiger charge is 2.10. The summed E-state index contributed by atoms with van der Waals surface area (Å²) < 4.78 is 5.51. The van der Waals surface area contributed by atoms with Gasteiger partial charge in [-0.3, -0.25) is 0 Å². The third-order valence-electron chi connectivity index (χ3n) is 2.70. The molecule has 2 aromatic rings. The van der Waals surface area contributed by atoms with Crippen LogP contribution in [0.25, 0.3) is 0 Å². The summed E-state index contributed by atoms with van der Waals surface area (Å²) in [6.45, 7) is 6.96. The molecule has 0 bridgehead atoms. The van der Waals surface area contributed by atoms with Crippen LogP contribution in [-0.4, -0.2) is 18.6 Å². The number of nitrogens with zero attached hydrogens (tertiary/aromatic N) is 2. The van der Waals surface area contributed by atoms with E-state index in [0.29, 0.717) is 11.9 Å². The van der Waals surface area contributed by atoms with E-state index in [0.717, 1.165) is 25.3 Å². The largest absolute Gasteiger partial charge is 0.432 e. The number of hydrogen-bond acceptors (Lipinski definition) is 5. The van der Waals surface area contributed by atoms with Crippen molar-refractivity contribution in [1.29, 1.82) is 0 Å². The third kappa shape index (κ3) is 4.36. The van der Waals surface area contributed by atoms with Gasteiger partial charge in [0.2, 0.25) is 0 Å². The number of hydrogen-bond donors (Lipinski definition) is 1. The van der Waals surface area contributed by atoms with Gasteiger partial charge in [0.25, 0.3) is 6.01 Å². The molecular formula is C14H21N3OS. The maximum Gasteiger partial charge on any atom is 0.297 e. The Bertz CT molecular complexity index is 479. The van der Waals surface area contributed by atoms with Gasteiger partial charge in [-0.2, -0.15) is 4.98 Å². The Morgan fingerprint density at radius 2 is 2.32 bits per heavy atom. The predicted molar refractivity (Wildman–Crippen MR) is 79.5 cm³/mol. The molecule has 0 aliphatic carbocycles. The van der Waals surface area contributed by atoms with Crippen LogP contribution in [0.4, 0.5) is 6.01 Å². The van der Waals surface area contributed by atoms with E-state index >= 15 is 0 Å². The van der Waals surface area contributed by atoms with Crippen LogP contribution in [0.15, 0.2) is 28.2 Å². The molecule has 2 rings (SSSR count). The third-order valence-corrected chi connectivity index (χ3v) is 3.56. The highest BCUT2D eigenvalue weighted by atomic mass is 32.1. The number of oxazole rings is 1. The first-order valence-corrected chi connectivity index (χ1v) is 7.41. The normalized spacial score (nSPS) is 11.2. The highest BCUT2D eigenvalue weighted by molar-refractivity contribution is 7.09.